The molecule has 1 N–H and O–H groups in total. The van der Waals surface area contributed by atoms with Crippen molar-refractivity contribution in [2.45, 2.75) is 26.1 Å². The maximum atomic E-state index is 13.9. The van der Waals surface area contributed by atoms with E-state index in [4.69, 9.17) is 42.6 Å². The first-order valence-electron chi connectivity index (χ1n) is 11.3. The summed E-state index contributed by atoms with van der Waals surface area (Å²) in [7, 11) is 0. The van der Waals surface area contributed by atoms with Crippen molar-refractivity contribution >= 4 is 34.9 Å². The molecular formula is C26H21Cl2F3N2O5. The summed E-state index contributed by atoms with van der Waals surface area (Å²) in [4.78, 5) is 20.4. The maximum absolute atomic E-state index is 13.9. The molecule has 200 valence electrons. The van der Waals surface area contributed by atoms with Gasteiger partial charge < -0.3 is 19.4 Å². The van der Waals surface area contributed by atoms with Crippen LogP contribution in [0.5, 0.6) is 17.4 Å². The number of pyridine rings is 1. The van der Waals surface area contributed by atoms with E-state index in [-0.39, 0.29) is 29.6 Å². The molecular weight excluding hydrogens is 548 g/mol. The number of alkyl halides is 3. The minimum Gasteiger partial charge on any atom is -0.491 e. The van der Waals surface area contributed by atoms with Crippen molar-refractivity contribution in [3.63, 3.8) is 0 Å². The number of hydrogen-bond donors (Lipinski definition) is 1. The normalized spacial score (nSPS) is 17.2. The fourth-order valence-corrected chi connectivity index (χ4v) is 4.50. The van der Waals surface area contributed by atoms with Crippen molar-refractivity contribution in [1.29, 1.82) is 0 Å². The van der Waals surface area contributed by atoms with E-state index in [9.17, 15) is 18.0 Å². The lowest BCUT2D eigenvalue weighted by Crippen LogP contribution is -2.33. The minimum atomic E-state index is -4.81. The van der Waals surface area contributed by atoms with E-state index >= 15 is 0 Å². The van der Waals surface area contributed by atoms with Crippen molar-refractivity contribution in [3.8, 4) is 17.4 Å². The minimum absolute atomic E-state index is 0.00161. The Hall–Kier alpha value is -3.50. The number of carboxylic acid groups (broad SMARTS) is 1. The number of halogens is 5. The van der Waals surface area contributed by atoms with Gasteiger partial charge in [-0.3, -0.25) is 0 Å². The van der Waals surface area contributed by atoms with Crippen LogP contribution >= 0.6 is 23.2 Å². The average Bonchev–Trinajstić information content (AvgIpc) is 3.26. The van der Waals surface area contributed by atoms with Gasteiger partial charge in [0.15, 0.2) is 0 Å². The molecule has 0 saturated carbocycles. The molecule has 0 bridgehead atoms. The molecule has 7 nitrogen and oxygen atoms in total. The van der Waals surface area contributed by atoms with Gasteiger partial charge in [0.05, 0.1) is 27.7 Å². The lowest BCUT2D eigenvalue weighted by Gasteiger charge is -2.23. The molecule has 12 heteroatoms. The molecule has 2 aromatic carbocycles. The number of carbonyl (C=O) groups is 1. The Morgan fingerprint density at radius 3 is 2.34 bits per heavy atom. The second-order valence-corrected chi connectivity index (χ2v) is 9.57. The highest BCUT2D eigenvalue weighted by atomic mass is 35.5. The van der Waals surface area contributed by atoms with Gasteiger partial charge in [-0.1, -0.05) is 48.3 Å². The van der Waals surface area contributed by atoms with Crippen LogP contribution in [0.1, 0.15) is 35.3 Å². The summed E-state index contributed by atoms with van der Waals surface area (Å²) in [6, 6.07) is 10.7. The molecule has 3 aromatic rings. The largest absolute Gasteiger partial charge is 0.491 e. The molecule has 1 aliphatic heterocycles. The van der Waals surface area contributed by atoms with Gasteiger partial charge in [-0.2, -0.15) is 13.2 Å². The first-order chi connectivity index (χ1) is 18.0. The van der Waals surface area contributed by atoms with Crippen LogP contribution < -0.4 is 9.47 Å². The van der Waals surface area contributed by atoms with Crippen LogP contribution in [-0.4, -0.2) is 34.5 Å². The van der Waals surface area contributed by atoms with Crippen molar-refractivity contribution in [1.82, 2.24) is 4.98 Å². The molecule has 0 amide bonds. The number of nitrogens with zero attached hydrogens (tertiary/aromatic N) is 2. The summed E-state index contributed by atoms with van der Waals surface area (Å²) < 4.78 is 52.6. The highest BCUT2D eigenvalue weighted by molar-refractivity contribution is 6.40. The summed E-state index contributed by atoms with van der Waals surface area (Å²) in [5, 5.41) is 13.9. The lowest BCUT2D eigenvalue weighted by molar-refractivity contribution is -0.139. The third-order valence-electron chi connectivity index (χ3n) is 5.77. The smallest absolute Gasteiger partial charge is 0.421 e. The zero-order chi connectivity index (χ0) is 27.6. The van der Waals surface area contributed by atoms with Crippen LogP contribution in [0, 0.1) is 11.8 Å². The van der Waals surface area contributed by atoms with Crippen molar-refractivity contribution in [2.75, 3.05) is 6.61 Å². The van der Waals surface area contributed by atoms with E-state index in [1.165, 1.54) is 24.3 Å². The SMILES string of the molecule is CC(C)C1ON=C(c2c(Cl)cccc2Cl)C1COc1cnc(Oc2ccc(C(=O)O)cc2)c(C(F)(F)F)c1. The van der Waals surface area contributed by atoms with Crippen molar-refractivity contribution in [3.05, 3.63) is 81.5 Å². The molecule has 2 atom stereocenters. The van der Waals surface area contributed by atoms with Gasteiger partial charge in [-0.25, -0.2) is 9.78 Å². The van der Waals surface area contributed by atoms with Crippen molar-refractivity contribution < 1.29 is 37.4 Å². The van der Waals surface area contributed by atoms with Crippen LogP contribution in [0.15, 0.2) is 59.9 Å². The summed E-state index contributed by atoms with van der Waals surface area (Å²) >= 11 is 12.7. The molecule has 1 aromatic heterocycles. The Kier molecular flexibility index (Phi) is 8.03. The average molecular weight is 569 g/mol. The van der Waals surface area contributed by atoms with E-state index in [2.05, 4.69) is 10.1 Å². The molecule has 1 aliphatic rings. The Morgan fingerprint density at radius 1 is 1.11 bits per heavy atom. The van der Waals surface area contributed by atoms with Crippen LogP contribution in [0.25, 0.3) is 0 Å². The van der Waals surface area contributed by atoms with Gasteiger partial charge in [0.25, 0.3) is 0 Å². The predicted molar refractivity (Wildman–Crippen MR) is 134 cm³/mol. The second-order valence-electron chi connectivity index (χ2n) is 8.76. The number of hydrogen-bond acceptors (Lipinski definition) is 6. The Balaban J connectivity index is 1.58. The highest BCUT2D eigenvalue weighted by Crippen LogP contribution is 2.39. The second kappa shape index (κ2) is 11.1. The Bertz CT molecular complexity index is 1340. The van der Waals surface area contributed by atoms with Gasteiger partial charge in [0.1, 0.15) is 35.5 Å². The van der Waals surface area contributed by atoms with Gasteiger partial charge in [0.2, 0.25) is 5.88 Å². The molecule has 2 unspecified atom stereocenters. The molecule has 38 heavy (non-hydrogen) atoms. The van der Waals surface area contributed by atoms with E-state index < -0.39 is 35.6 Å². The quantitative estimate of drug-likeness (QED) is 0.305. The lowest BCUT2D eigenvalue weighted by atomic mass is 9.87. The third kappa shape index (κ3) is 5.97. The first kappa shape index (κ1) is 27.5. The van der Waals surface area contributed by atoms with Crippen LogP contribution in [0.3, 0.4) is 0 Å². The Labute approximate surface area is 225 Å². The molecule has 4 rings (SSSR count). The summed E-state index contributed by atoms with van der Waals surface area (Å²) in [5.41, 5.74) is -0.294. The third-order valence-corrected chi connectivity index (χ3v) is 6.40. The first-order valence-corrected chi connectivity index (χ1v) is 12.1. The summed E-state index contributed by atoms with van der Waals surface area (Å²) in [6.45, 7) is 3.75. The fourth-order valence-electron chi connectivity index (χ4n) is 3.91. The molecule has 0 saturated heterocycles. The number of aromatic carboxylic acids is 1. The number of aromatic nitrogens is 1. The zero-order valence-electron chi connectivity index (χ0n) is 20.0. The van der Waals surface area contributed by atoms with E-state index in [1.807, 2.05) is 13.8 Å². The molecule has 0 spiro atoms. The number of carboxylic acids is 1. The fraction of sp³-hybridized carbons (Fsp3) is 0.269. The summed E-state index contributed by atoms with van der Waals surface area (Å²) in [6.07, 6.45) is -4.13. The maximum Gasteiger partial charge on any atom is 0.421 e. The number of ether oxygens (including phenoxy) is 2. The molecule has 0 aliphatic carbocycles. The molecule has 0 radical (unpaired) electrons. The molecule has 2 heterocycles. The van der Waals surface area contributed by atoms with Crippen LogP contribution in [-0.2, 0) is 11.0 Å². The number of benzene rings is 2. The van der Waals surface area contributed by atoms with E-state index in [1.54, 1.807) is 18.2 Å². The van der Waals surface area contributed by atoms with Gasteiger partial charge in [0, 0.05) is 5.56 Å². The Morgan fingerprint density at radius 2 is 1.76 bits per heavy atom. The summed E-state index contributed by atoms with van der Waals surface area (Å²) in [5.74, 6) is -2.53. The zero-order valence-corrected chi connectivity index (χ0v) is 21.5. The van der Waals surface area contributed by atoms with E-state index in [0.717, 1.165) is 12.3 Å². The standard InChI is InChI=1S/C26H21Cl2F3N2O5/c1-13(2)23-17(22(33-38-23)21-19(27)4-3-5-20(21)28)12-36-16-10-18(26(29,30)31)24(32-11-16)37-15-8-6-14(7-9-15)25(34)35/h3-11,13,17,23H,12H2,1-2H3,(H,34,35). The van der Waals surface area contributed by atoms with Crippen LogP contribution in [0.4, 0.5) is 13.2 Å². The van der Waals surface area contributed by atoms with Gasteiger partial charge in [-0.05, 0) is 48.4 Å². The predicted octanol–water partition coefficient (Wildman–Crippen LogP) is 7.35. The number of rotatable bonds is 8. The topological polar surface area (TPSA) is 90.2 Å². The number of oxime groups is 1. The molecule has 0 fully saturated rings. The van der Waals surface area contributed by atoms with Crippen molar-refractivity contribution in [2.24, 2.45) is 17.0 Å². The van der Waals surface area contributed by atoms with Crippen LogP contribution in [0.2, 0.25) is 10.0 Å². The van der Waals surface area contributed by atoms with Gasteiger partial charge >= 0.3 is 12.1 Å². The van der Waals surface area contributed by atoms with E-state index in [0.29, 0.717) is 21.3 Å². The monoisotopic (exact) mass is 568 g/mol. The van der Waals surface area contributed by atoms with Gasteiger partial charge in [-0.15, -0.1) is 0 Å². The highest BCUT2D eigenvalue weighted by Gasteiger charge is 2.40.